The molecule has 0 amide bonds. The molecule has 0 heterocycles. The lowest BCUT2D eigenvalue weighted by Gasteiger charge is -2.22. The van der Waals surface area contributed by atoms with Gasteiger partial charge in [0.05, 0.1) is 13.2 Å². The van der Waals surface area contributed by atoms with Crippen LogP contribution in [0.2, 0.25) is 0 Å². The summed E-state index contributed by atoms with van der Waals surface area (Å²) in [5.41, 5.74) is 2.71. The predicted molar refractivity (Wildman–Crippen MR) is 79.7 cm³/mol. The number of halogens is 2. The van der Waals surface area contributed by atoms with Crippen molar-refractivity contribution in [3.8, 4) is 5.75 Å². The lowest BCUT2D eigenvalue weighted by molar-refractivity contribution is 0.411. The van der Waals surface area contributed by atoms with Gasteiger partial charge in [-0.05, 0) is 55.8 Å². The van der Waals surface area contributed by atoms with Crippen LogP contribution in [0.25, 0.3) is 0 Å². The Labute approximate surface area is 123 Å². The number of hydrogen-bond donors (Lipinski definition) is 1. The van der Waals surface area contributed by atoms with Crippen LogP contribution in [-0.2, 0) is 0 Å². The van der Waals surface area contributed by atoms with Crippen molar-refractivity contribution in [3.05, 3.63) is 64.2 Å². The second-order valence-corrected chi connectivity index (χ2v) is 5.04. The van der Waals surface area contributed by atoms with E-state index in [2.05, 4.69) is 5.32 Å². The zero-order valence-corrected chi connectivity index (χ0v) is 12.6. The number of aryl methyl sites for hydroxylation is 2. The van der Waals surface area contributed by atoms with Gasteiger partial charge >= 0.3 is 0 Å². The normalized spacial score (nSPS) is 12.3. The summed E-state index contributed by atoms with van der Waals surface area (Å²) in [6, 6.07) is 7.15. The summed E-state index contributed by atoms with van der Waals surface area (Å²) in [6.45, 7) is 3.81. The highest BCUT2D eigenvalue weighted by atomic mass is 19.1. The highest BCUT2D eigenvalue weighted by Gasteiger charge is 2.22. The molecular formula is C17H19F2NO. The molecule has 112 valence electrons. The highest BCUT2D eigenvalue weighted by Crippen LogP contribution is 2.32. The van der Waals surface area contributed by atoms with E-state index in [-0.39, 0.29) is 5.56 Å². The number of hydrogen-bond acceptors (Lipinski definition) is 2. The molecule has 1 unspecified atom stereocenters. The fraction of sp³-hybridized carbons (Fsp3) is 0.294. The van der Waals surface area contributed by atoms with Gasteiger partial charge in [-0.15, -0.1) is 0 Å². The molecule has 0 aromatic heterocycles. The summed E-state index contributed by atoms with van der Waals surface area (Å²) in [7, 11) is 3.29. The Bertz CT molecular complexity index is 635. The van der Waals surface area contributed by atoms with Gasteiger partial charge in [0.2, 0.25) is 0 Å². The summed E-state index contributed by atoms with van der Waals surface area (Å²) in [5.74, 6) is -0.343. The van der Waals surface area contributed by atoms with Crippen LogP contribution in [0.4, 0.5) is 8.78 Å². The Kier molecular flexibility index (Phi) is 4.58. The monoisotopic (exact) mass is 291 g/mol. The minimum Gasteiger partial charge on any atom is -0.496 e. The summed E-state index contributed by atoms with van der Waals surface area (Å²) >= 11 is 0. The van der Waals surface area contributed by atoms with Crippen molar-refractivity contribution in [1.82, 2.24) is 5.32 Å². The van der Waals surface area contributed by atoms with Crippen molar-refractivity contribution in [2.24, 2.45) is 0 Å². The third-order valence-corrected chi connectivity index (χ3v) is 3.67. The molecule has 0 saturated carbocycles. The van der Waals surface area contributed by atoms with E-state index in [0.717, 1.165) is 22.4 Å². The minimum absolute atomic E-state index is 0.0349. The van der Waals surface area contributed by atoms with Crippen LogP contribution in [0.15, 0.2) is 30.3 Å². The maximum Gasteiger partial charge on any atom is 0.131 e. The van der Waals surface area contributed by atoms with Crippen LogP contribution in [-0.4, -0.2) is 14.2 Å². The summed E-state index contributed by atoms with van der Waals surface area (Å²) < 4.78 is 33.4. The highest BCUT2D eigenvalue weighted by molar-refractivity contribution is 5.46. The van der Waals surface area contributed by atoms with E-state index in [1.165, 1.54) is 18.2 Å². The lowest BCUT2D eigenvalue weighted by Crippen LogP contribution is -2.21. The van der Waals surface area contributed by atoms with Crippen molar-refractivity contribution in [2.75, 3.05) is 14.2 Å². The summed E-state index contributed by atoms with van der Waals surface area (Å²) in [5, 5.41) is 3.00. The Balaban J connectivity index is 2.60. The van der Waals surface area contributed by atoms with Crippen LogP contribution in [0.3, 0.4) is 0 Å². The molecule has 0 aliphatic heterocycles. The molecule has 2 aromatic carbocycles. The van der Waals surface area contributed by atoms with E-state index in [4.69, 9.17) is 4.74 Å². The van der Waals surface area contributed by atoms with Crippen molar-refractivity contribution < 1.29 is 13.5 Å². The maximum atomic E-state index is 14.0. The molecule has 2 nitrogen and oxygen atoms in total. The Morgan fingerprint density at radius 2 is 1.67 bits per heavy atom. The number of benzene rings is 2. The molecule has 0 radical (unpaired) electrons. The van der Waals surface area contributed by atoms with Crippen molar-refractivity contribution in [2.45, 2.75) is 19.9 Å². The molecule has 0 bridgehead atoms. The molecule has 0 spiro atoms. The first-order valence-corrected chi connectivity index (χ1v) is 6.76. The third kappa shape index (κ3) is 2.90. The molecule has 2 rings (SSSR count). The van der Waals surface area contributed by atoms with E-state index in [9.17, 15) is 8.78 Å². The molecule has 1 atom stereocenters. The van der Waals surface area contributed by atoms with E-state index in [0.29, 0.717) is 0 Å². The molecule has 0 aliphatic rings. The van der Waals surface area contributed by atoms with Crippen LogP contribution in [0, 0.1) is 25.5 Å². The smallest absolute Gasteiger partial charge is 0.131 e. The Hall–Kier alpha value is -1.94. The fourth-order valence-electron chi connectivity index (χ4n) is 2.58. The minimum atomic E-state index is -0.553. The third-order valence-electron chi connectivity index (χ3n) is 3.67. The van der Waals surface area contributed by atoms with Crippen LogP contribution < -0.4 is 10.1 Å². The van der Waals surface area contributed by atoms with Gasteiger partial charge in [0.25, 0.3) is 0 Å². The molecule has 21 heavy (non-hydrogen) atoms. The number of ether oxygens (including phenoxy) is 1. The van der Waals surface area contributed by atoms with Gasteiger partial charge in [-0.3, -0.25) is 0 Å². The second-order valence-electron chi connectivity index (χ2n) is 5.04. The van der Waals surface area contributed by atoms with Crippen molar-refractivity contribution in [3.63, 3.8) is 0 Å². The van der Waals surface area contributed by atoms with E-state index >= 15 is 0 Å². The van der Waals surface area contributed by atoms with Crippen molar-refractivity contribution in [1.29, 1.82) is 0 Å². The van der Waals surface area contributed by atoms with Gasteiger partial charge < -0.3 is 10.1 Å². The Morgan fingerprint density at radius 1 is 1.05 bits per heavy atom. The molecular weight excluding hydrogens is 272 g/mol. The van der Waals surface area contributed by atoms with Gasteiger partial charge in [-0.2, -0.15) is 0 Å². The molecule has 4 heteroatoms. The van der Waals surface area contributed by atoms with Gasteiger partial charge in [0.15, 0.2) is 0 Å². The van der Waals surface area contributed by atoms with Gasteiger partial charge in [0, 0.05) is 5.56 Å². The molecule has 1 N–H and O–H groups in total. The maximum absolute atomic E-state index is 14.0. The van der Waals surface area contributed by atoms with E-state index in [1.807, 2.05) is 26.0 Å². The lowest BCUT2D eigenvalue weighted by atomic mass is 9.92. The van der Waals surface area contributed by atoms with E-state index in [1.54, 1.807) is 14.2 Å². The first kappa shape index (κ1) is 15.4. The zero-order valence-electron chi connectivity index (χ0n) is 12.6. The topological polar surface area (TPSA) is 21.3 Å². The van der Waals surface area contributed by atoms with Crippen LogP contribution in [0.1, 0.15) is 28.3 Å². The number of nitrogens with one attached hydrogen (secondary N) is 1. The van der Waals surface area contributed by atoms with Gasteiger partial charge in [0.1, 0.15) is 17.4 Å². The summed E-state index contributed by atoms with van der Waals surface area (Å²) in [4.78, 5) is 0. The van der Waals surface area contributed by atoms with Crippen LogP contribution in [0.5, 0.6) is 5.75 Å². The SMILES string of the molecule is CNC(c1cc(C)c(OC)cc1C)c1c(F)cccc1F. The van der Waals surface area contributed by atoms with E-state index < -0.39 is 17.7 Å². The predicted octanol–water partition coefficient (Wildman–Crippen LogP) is 3.90. The quantitative estimate of drug-likeness (QED) is 0.922. The average molecular weight is 291 g/mol. The molecule has 0 fully saturated rings. The zero-order chi connectivity index (χ0) is 15.6. The van der Waals surface area contributed by atoms with Gasteiger partial charge in [-0.1, -0.05) is 12.1 Å². The summed E-state index contributed by atoms with van der Waals surface area (Å²) in [6.07, 6.45) is 0. The number of rotatable bonds is 4. The second kappa shape index (κ2) is 6.22. The first-order chi connectivity index (χ1) is 9.99. The average Bonchev–Trinajstić information content (AvgIpc) is 2.45. The van der Waals surface area contributed by atoms with Gasteiger partial charge in [-0.25, -0.2) is 8.78 Å². The first-order valence-electron chi connectivity index (χ1n) is 6.76. The van der Waals surface area contributed by atoms with Crippen molar-refractivity contribution >= 4 is 0 Å². The molecule has 2 aromatic rings. The number of methoxy groups -OCH3 is 1. The van der Waals surface area contributed by atoms with Crippen LogP contribution >= 0.6 is 0 Å². The largest absolute Gasteiger partial charge is 0.496 e. The molecule has 0 aliphatic carbocycles. The standard InChI is InChI=1S/C17H19F2NO/c1-10-9-15(21-4)11(2)8-12(10)17(20-3)16-13(18)6-5-7-14(16)19/h5-9,17,20H,1-4H3. The Morgan fingerprint density at radius 3 is 2.19 bits per heavy atom. The fourth-order valence-corrected chi connectivity index (χ4v) is 2.58. The molecule has 0 saturated heterocycles.